The van der Waals surface area contributed by atoms with E-state index in [0.29, 0.717) is 17.4 Å². The van der Waals surface area contributed by atoms with E-state index in [1.165, 1.54) is 4.57 Å². The molecular weight excluding hydrogens is 260 g/mol. The zero-order chi connectivity index (χ0) is 14.3. The average molecular weight is 274 g/mol. The Morgan fingerprint density at radius 1 is 1.35 bits per heavy atom. The van der Waals surface area contributed by atoms with E-state index in [1.54, 1.807) is 24.4 Å². The highest BCUT2D eigenvalue weighted by atomic mass is 16.3. The van der Waals surface area contributed by atoms with E-state index in [2.05, 4.69) is 5.32 Å². The molecule has 2 aromatic rings. The smallest absolute Gasteiger partial charge is 0.249 e. The van der Waals surface area contributed by atoms with Crippen molar-refractivity contribution in [3.05, 3.63) is 30.0 Å². The Balaban J connectivity index is 2.06. The summed E-state index contributed by atoms with van der Waals surface area (Å²) in [4.78, 5) is 23.0. The fourth-order valence-electron chi connectivity index (χ4n) is 2.54. The highest BCUT2D eigenvalue weighted by Gasteiger charge is 2.29. The molecule has 1 aliphatic heterocycles. The zero-order valence-corrected chi connectivity index (χ0v) is 10.7. The average Bonchev–Trinajstić information content (AvgIpc) is 2.76. The number of amides is 2. The Morgan fingerprint density at radius 3 is 2.85 bits per heavy atom. The second kappa shape index (κ2) is 4.64. The number of nitrogens with one attached hydrogen (secondary N) is 1. The maximum atomic E-state index is 11.9. The second-order valence-electron chi connectivity index (χ2n) is 4.91. The lowest BCUT2D eigenvalue weighted by Gasteiger charge is -2.22. The van der Waals surface area contributed by atoms with Crippen LogP contribution in [0.15, 0.2) is 24.4 Å². The van der Waals surface area contributed by atoms with Gasteiger partial charge in [0.05, 0.1) is 6.61 Å². The zero-order valence-electron chi connectivity index (χ0n) is 10.7. The van der Waals surface area contributed by atoms with Crippen LogP contribution in [0, 0.1) is 0 Å². The van der Waals surface area contributed by atoms with Crippen molar-refractivity contribution >= 4 is 22.6 Å². The molecule has 1 saturated heterocycles. The van der Waals surface area contributed by atoms with Crippen molar-refractivity contribution in [2.75, 3.05) is 0 Å². The molecule has 1 aromatic carbocycles. The molecule has 0 spiro atoms. The van der Waals surface area contributed by atoms with Crippen LogP contribution in [0.2, 0.25) is 0 Å². The summed E-state index contributed by atoms with van der Waals surface area (Å²) in [6, 6.07) is 4.64. The molecular formula is C14H14N2O4. The van der Waals surface area contributed by atoms with E-state index in [1.807, 2.05) is 0 Å². The second-order valence-corrected chi connectivity index (χ2v) is 4.91. The van der Waals surface area contributed by atoms with E-state index in [-0.39, 0.29) is 24.8 Å². The molecule has 3 rings (SSSR count). The number of carbonyl (C=O) groups excluding carboxylic acids is 2. The standard InChI is InChI=1S/C14H14N2O4/c17-7-8-1-2-9-6-16(14(20)10(9)5-8)11-3-4-12(18)15-13(11)19/h1-2,5-6,11,17,20H,3-4,7H2,(H,15,18,19). The third-order valence-electron chi connectivity index (χ3n) is 3.61. The first kappa shape index (κ1) is 12.7. The van der Waals surface area contributed by atoms with Crippen LogP contribution in [0.1, 0.15) is 24.4 Å². The predicted octanol–water partition coefficient (Wildman–Crippen LogP) is 0.817. The Morgan fingerprint density at radius 2 is 2.15 bits per heavy atom. The SMILES string of the molecule is O=C1CCC(n2cc3ccc(CO)cc3c2O)C(=O)N1. The van der Waals surface area contributed by atoms with Gasteiger partial charge in [0.2, 0.25) is 11.8 Å². The van der Waals surface area contributed by atoms with Crippen molar-refractivity contribution < 1.29 is 19.8 Å². The van der Waals surface area contributed by atoms with Crippen LogP contribution in [0.25, 0.3) is 10.8 Å². The van der Waals surface area contributed by atoms with Gasteiger partial charge in [0.1, 0.15) is 6.04 Å². The van der Waals surface area contributed by atoms with Gasteiger partial charge in [-0.1, -0.05) is 12.1 Å². The lowest BCUT2D eigenvalue weighted by molar-refractivity contribution is -0.135. The monoisotopic (exact) mass is 274 g/mol. The van der Waals surface area contributed by atoms with E-state index >= 15 is 0 Å². The minimum Gasteiger partial charge on any atom is -0.494 e. The van der Waals surface area contributed by atoms with Gasteiger partial charge < -0.3 is 14.8 Å². The van der Waals surface area contributed by atoms with Gasteiger partial charge in [-0.05, 0) is 18.1 Å². The normalized spacial score (nSPS) is 19.4. The van der Waals surface area contributed by atoms with E-state index in [0.717, 1.165) is 5.39 Å². The number of imide groups is 1. The van der Waals surface area contributed by atoms with Crippen molar-refractivity contribution in [1.29, 1.82) is 0 Å². The van der Waals surface area contributed by atoms with Gasteiger partial charge in [0, 0.05) is 23.4 Å². The molecule has 1 unspecified atom stereocenters. The molecule has 2 amide bonds. The maximum Gasteiger partial charge on any atom is 0.249 e. The largest absolute Gasteiger partial charge is 0.494 e. The number of carbonyl (C=O) groups is 2. The van der Waals surface area contributed by atoms with Crippen molar-refractivity contribution in [1.82, 2.24) is 9.88 Å². The number of aromatic hydroxyl groups is 1. The minimum atomic E-state index is -0.585. The van der Waals surface area contributed by atoms with Crippen molar-refractivity contribution in [3.63, 3.8) is 0 Å². The fraction of sp³-hybridized carbons (Fsp3) is 0.286. The summed E-state index contributed by atoms with van der Waals surface area (Å²) in [6.07, 6.45) is 2.31. The summed E-state index contributed by atoms with van der Waals surface area (Å²) in [6.45, 7) is -0.112. The number of hydrogen-bond donors (Lipinski definition) is 3. The number of hydrogen-bond acceptors (Lipinski definition) is 4. The quantitative estimate of drug-likeness (QED) is 0.707. The van der Waals surface area contributed by atoms with Crippen LogP contribution in [0.3, 0.4) is 0 Å². The molecule has 104 valence electrons. The Hall–Kier alpha value is -2.34. The molecule has 6 heteroatoms. The predicted molar refractivity (Wildman–Crippen MR) is 70.9 cm³/mol. The molecule has 0 radical (unpaired) electrons. The number of aliphatic hydroxyl groups excluding tert-OH is 1. The first-order valence-corrected chi connectivity index (χ1v) is 6.37. The van der Waals surface area contributed by atoms with E-state index < -0.39 is 11.9 Å². The molecule has 2 heterocycles. The van der Waals surface area contributed by atoms with Gasteiger partial charge in [0.15, 0.2) is 5.88 Å². The number of piperidine rings is 1. The summed E-state index contributed by atoms with van der Waals surface area (Å²) in [5.74, 6) is -0.714. The number of aromatic nitrogens is 1. The molecule has 0 aliphatic carbocycles. The van der Waals surface area contributed by atoms with E-state index in [9.17, 15) is 14.7 Å². The van der Waals surface area contributed by atoms with Crippen LogP contribution < -0.4 is 5.32 Å². The molecule has 1 aliphatic rings. The summed E-state index contributed by atoms with van der Waals surface area (Å²) >= 11 is 0. The van der Waals surface area contributed by atoms with Crippen molar-refractivity contribution in [2.24, 2.45) is 0 Å². The maximum absolute atomic E-state index is 11.9. The Bertz CT molecular complexity index is 705. The van der Waals surface area contributed by atoms with Crippen LogP contribution in [-0.4, -0.2) is 26.6 Å². The molecule has 3 N–H and O–H groups in total. The van der Waals surface area contributed by atoms with Gasteiger partial charge in [0.25, 0.3) is 0 Å². The third kappa shape index (κ3) is 1.94. The molecule has 1 atom stereocenters. The lowest BCUT2D eigenvalue weighted by Crippen LogP contribution is -2.41. The van der Waals surface area contributed by atoms with Crippen LogP contribution in [0.4, 0.5) is 0 Å². The van der Waals surface area contributed by atoms with Crippen LogP contribution >= 0.6 is 0 Å². The molecule has 6 nitrogen and oxygen atoms in total. The summed E-state index contributed by atoms with van der Waals surface area (Å²) in [5, 5.41) is 23.0. The minimum absolute atomic E-state index is 0.0233. The van der Waals surface area contributed by atoms with Crippen molar-refractivity contribution in [2.45, 2.75) is 25.5 Å². The molecule has 0 saturated carbocycles. The van der Waals surface area contributed by atoms with Gasteiger partial charge >= 0.3 is 0 Å². The number of aliphatic hydroxyl groups is 1. The van der Waals surface area contributed by atoms with Gasteiger partial charge in [-0.25, -0.2) is 0 Å². The summed E-state index contributed by atoms with van der Waals surface area (Å²) in [5.41, 5.74) is 0.689. The summed E-state index contributed by atoms with van der Waals surface area (Å²) < 4.78 is 1.48. The lowest BCUT2D eigenvalue weighted by atomic mass is 10.1. The Labute approximate surface area is 114 Å². The van der Waals surface area contributed by atoms with Crippen LogP contribution in [-0.2, 0) is 16.2 Å². The van der Waals surface area contributed by atoms with Crippen molar-refractivity contribution in [3.8, 4) is 5.88 Å². The Kier molecular flexibility index (Phi) is 2.94. The highest BCUT2D eigenvalue weighted by molar-refractivity contribution is 6.00. The van der Waals surface area contributed by atoms with Crippen LogP contribution in [0.5, 0.6) is 5.88 Å². The molecule has 0 bridgehead atoms. The highest BCUT2D eigenvalue weighted by Crippen LogP contribution is 2.33. The number of fused-ring (bicyclic) bond motifs is 1. The topological polar surface area (TPSA) is 91.6 Å². The number of benzene rings is 1. The summed E-state index contributed by atoms with van der Waals surface area (Å²) in [7, 11) is 0. The van der Waals surface area contributed by atoms with E-state index in [4.69, 9.17) is 5.11 Å². The van der Waals surface area contributed by atoms with Gasteiger partial charge in [-0.2, -0.15) is 0 Å². The molecule has 1 aromatic heterocycles. The molecule has 20 heavy (non-hydrogen) atoms. The number of nitrogens with zero attached hydrogens (tertiary/aromatic N) is 1. The fourth-order valence-corrected chi connectivity index (χ4v) is 2.54. The van der Waals surface area contributed by atoms with Gasteiger partial charge in [-0.3, -0.25) is 14.9 Å². The third-order valence-corrected chi connectivity index (χ3v) is 3.61. The first-order valence-electron chi connectivity index (χ1n) is 6.37. The number of rotatable bonds is 2. The molecule has 1 fully saturated rings. The first-order chi connectivity index (χ1) is 9.60. The van der Waals surface area contributed by atoms with Gasteiger partial charge in [-0.15, -0.1) is 0 Å².